The Hall–Kier alpha value is -3.85. The van der Waals surface area contributed by atoms with Gasteiger partial charge >= 0.3 is 0 Å². The number of carbonyl (C=O) groups excluding carboxylic acids is 1. The molecule has 6 rings (SSSR count). The molecule has 2 heterocycles. The first-order valence-electron chi connectivity index (χ1n) is 10.9. The average molecular weight is 418 g/mol. The zero-order valence-corrected chi connectivity index (χ0v) is 18.0. The van der Waals surface area contributed by atoms with Gasteiger partial charge in [0.25, 0.3) is 0 Å². The molecule has 0 aliphatic carbocycles. The number of hydrogen-bond acceptors (Lipinski definition) is 3. The molecule has 4 aromatic rings. The minimum absolute atomic E-state index is 0.134. The number of rotatable bonds is 2. The van der Waals surface area contributed by atoms with Crippen molar-refractivity contribution in [2.45, 2.75) is 25.7 Å². The number of Topliss-reactive ketones (excluding diaryl/α,β-unsaturated/α-hetero) is 1. The van der Waals surface area contributed by atoms with E-state index in [0.717, 1.165) is 56.4 Å². The highest BCUT2D eigenvalue weighted by molar-refractivity contribution is 5.99. The maximum absolute atomic E-state index is 14.5. The Bertz CT molecular complexity index is 1280. The predicted octanol–water partition coefficient (Wildman–Crippen LogP) is 7.05. The van der Waals surface area contributed by atoms with Crippen LogP contribution in [0.25, 0.3) is 0 Å². The second kappa shape index (κ2) is 7.10. The van der Waals surface area contributed by atoms with Gasteiger partial charge in [0.15, 0.2) is 5.78 Å². The summed E-state index contributed by atoms with van der Waals surface area (Å²) in [4.78, 5) is 14.5. The molecule has 3 nitrogen and oxygen atoms in total. The van der Waals surface area contributed by atoms with E-state index in [1.165, 1.54) is 0 Å². The van der Waals surface area contributed by atoms with Gasteiger partial charge in [-0.2, -0.15) is 0 Å². The van der Waals surface area contributed by atoms with Crippen LogP contribution in [-0.4, -0.2) is 5.78 Å². The van der Waals surface area contributed by atoms with Crippen LogP contribution in [0, 0.1) is 13.8 Å². The number of aryl methyl sites for hydroxylation is 2. The van der Waals surface area contributed by atoms with Gasteiger partial charge in [0.1, 0.15) is 23.0 Å². The van der Waals surface area contributed by atoms with E-state index in [1.54, 1.807) is 0 Å². The Kier molecular flexibility index (Phi) is 4.19. The molecule has 0 bridgehead atoms. The Morgan fingerprint density at radius 3 is 1.44 bits per heavy atom. The highest BCUT2D eigenvalue weighted by Crippen LogP contribution is 2.51. The van der Waals surface area contributed by atoms with Crippen LogP contribution in [0.15, 0.2) is 84.9 Å². The van der Waals surface area contributed by atoms with E-state index < -0.39 is 11.8 Å². The van der Waals surface area contributed by atoms with Gasteiger partial charge in [-0.25, -0.2) is 0 Å². The lowest BCUT2D eigenvalue weighted by atomic mass is 9.74. The van der Waals surface area contributed by atoms with E-state index in [9.17, 15) is 4.79 Å². The summed E-state index contributed by atoms with van der Waals surface area (Å²) in [5, 5.41) is 0. The fraction of sp³-hybridized carbons (Fsp3) is 0.138. The molecule has 2 aliphatic rings. The molecule has 2 aliphatic heterocycles. The van der Waals surface area contributed by atoms with Gasteiger partial charge in [0.05, 0.1) is 11.8 Å². The first-order chi connectivity index (χ1) is 15.6. The molecule has 2 atom stereocenters. The van der Waals surface area contributed by atoms with Crippen LogP contribution in [0.4, 0.5) is 0 Å². The Balaban J connectivity index is 1.58. The topological polar surface area (TPSA) is 35.5 Å². The summed E-state index contributed by atoms with van der Waals surface area (Å²) < 4.78 is 12.4. The highest BCUT2D eigenvalue weighted by Gasteiger charge is 2.41. The van der Waals surface area contributed by atoms with Gasteiger partial charge in [0, 0.05) is 22.3 Å². The second-order valence-corrected chi connectivity index (χ2v) is 8.63. The normalized spacial score (nSPS) is 17.7. The van der Waals surface area contributed by atoms with Gasteiger partial charge in [-0.3, -0.25) is 4.79 Å². The molecule has 0 radical (unpaired) electrons. The summed E-state index contributed by atoms with van der Waals surface area (Å²) in [6, 6.07) is 27.9. The lowest BCUT2D eigenvalue weighted by molar-refractivity contribution is -0.120. The van der Waals surface area contributed by atoms with Crippen LogP contribution in [0.2, 0.25) is 0 Å². The Labute approximate surface area is 187 Å². The molecule has 0 N–H and O–H groups in total. The fourth-order valence-electron chi connectivity index (χ4n) is 4.95. The summed E-state index contributed by atoms with van der Waals surface area (Å²) in [6.45, 7) is 4.09. The zero-order valence-electron chi connectivity index (χ0n) is 18.0. The van der Waals surface area contributed by atoms with Crippen molar-refractivity contribution in [3.8, 4) is 23.0 Å². The third-order valence-electron chi connectivity index (χ3n) is 6.42. The number of carbonyl (C=O) groups is 1. The van der Waals surface area contributed by atoms with Crippen molar-refractivity contribution in [1.29, 1.82) is 0 Å². The van der Waals surface area contributed by atoms with E-state index in [4.69, 9.17) is 9.47 Å². The first-order valence-corrected chi connectivity index (χ1v) is 10.9. The molecule has 0 aromatic heterocycles. The van der Waals surface area contributed by atoms with Crippen molar-refractivity contribution in [3.63, 3.8) is 0 Å². The average Bonchev–Trinajstić information content (AvgIpc) is 2.81. The van der Waals surface area contributed by atoms with Gasteiger partial charge in [-0.15, -0.1) is 0 Å². The molecule has 156 valence electrons. The second-order valence-electron chi connectivity index (χ2n) is 8.63. The van der Waals surface area contributed by atoms with E-state index >= 15 is 0 Å². The summed E-state index contributed by atoms with van der Waals surface area (Å²) in [5.74, 6) is 2.28. The quantitative estimate of drug-likeness (QED) is 0.350. The summed E-state index contributed by atoms with van der Waals surface area (Å²) in [5.41, 5.74) is 5.88. The highest BCUT2D eigenvalue weighted by atomic mass is 16.5. The number of ketones is 1. The van der Waals surface area contributed by atoms with Gasteiger partial charge in [-0.05, 0) is 38.1 Å². The van der Waals surface area contributed by atoms with Gasteiger partial charge < -0.3 is 9.47 Å². The third kappa shape index (κ3) is 2.85. The van der Waals surface area contributed by atoms with Crippen molar-refractivity contribution in [2.75, 3.05) is 0 Å². The van der Waals surface area contributed by atoms with Crippen molar-refractivity contribution in [3.05, 3.63) is 118 Å². The summed E-state index contributed by atoms with van der Waals surface area (Å²) in [7, 11) is 0. The smallest absolute Gasteiger partial charge is 0.157 e. The first kappa shape index (κ1) is 18.9. The number of fused-ring (bicyclic) bond motifs is 4. The molecule has 32 heavy (non-hydrogen) atoms. The van der Waals surface area contributed by atoms with Crippen LogP contribution < -0.4 is 9.47 Å². The summed E-state index contributed by atoms with van der Waals surface area (Å²) in [6.07, 6.45) is 0. The van der Waals surface area contributed by atoms with Crippen LogP contribution in [-0.2, 0) is 4.79 Å². The maximum atomic E-state index is 14.5. The SMILES string of the molecule is Cc1ccc2c(c1)C(C(=O)C1c3ccccc3Oc3ccc(C)cc31)c1ccccc1O2. The lowest BCUT2D eigenvalue weighted by Crippen LogP contribution is -2.27. The summed E-state index contributed by atoms with van der Waals surface area (Å²) >= 11 is 0. The number of benzene rings is 4. The van der Waals surface area contributed by atoms with E-state index in [2.05, 4.69) is 12.1 Å². The van der Waals surface area contributed by atoms with Crippen LogP contribution >= 0.6 is 0 Å². The third-order valence-corrected chi connectivity index (χ3v) is 6.42. The molecule has 3 heteroatoms. The Morgan fingerprint density at radius 2 is 0.969 bits per heavy atom. The van der Waals surface area contributed by atoms with Crippen molar-refractivity contribution >= 4 is 5.78 Å². The van der Waals surface area contributed by atoms with Crippen molar-refractivity contribution in [1.82, 2.24) is 0 Å². The molecule has 0 saturated heterocycles. The molecule has 0 saturated carbocycles. The molecule has 0 fully saturated rings. The number of ether oxygens (including phenoxy) is 2. The van der Waals surface area contributed by atoms with E-state index in [1.807, 2.05) is 86.6 Å². The minimum atomic E-state index is -0.417. The fourth-order valence-corrected chi connectivity index (χ4v) is 4.95. The number of hydrogen-bond donors (Lipinski definition) is 0. The molecular weight excluding hydrogens is 396 g/mol. The van der Waals surface area contributed by atoms with Gasteiger partial charge in [-0.1, -0.05) is 71.8 Å². The molecular formula is C29H22O3. The molecule has 0 amide bonds. The van der Waals surface area contributed by atoms with E-state index in [0.29, 0.717) is 0 Å². The molecule has 4 aromatic carbocycles. The van der Waals surface area contributed by atoms with Crippen LogP contribution in [0.5, 0.6) is 23.0 Å². The maximum Gasteiger partial charge on any atom is 0.157 e. The van der Waals surface area contributed by atoms with Crippen LogP contribution in [0.1, 0.15) is 45.2 Å². The predicted molar refractivity (Wildman–Crippen MR) is 124 cm³/mol. The Morgan fingerprint density at radius 1 is 0.562 bits per heavy atom. The molecule has 2 unspecified atom stereocenters. The molecule has 0 spiro atoms. The zero-order chi connectivity index (χ0) is 21.8. The van der Waals surface area contributed by atoms with Crippen molar-refractivity contribution in [2.24, 2.45) is 0 Å². The standard InChI is InChI=1S/C29H22O3/c1-17-11-13-25-21(15-17)27(19-7-3-5-9-23(19)31-25)29(30)28-20-8-4-6-10-24(20)32-26-14-12-18(2)16-22(26)28/h3-16,27-28H,1-2H3. The van der Waals surface area contributed by atoms with Crippen molar-refractivity contribution < 1.29 is 14.3 Å². The largest absolute Gasteiger partial charge is 0.457 e. The van der Waals surface area contributed by atoms with Crippen LogP contribution in [0.3, 0.4) is 0 Å². The van der Waals surface area contributed by atoms with Gasteiger partial charge in [0.2, 0.25) is 0 Å². The number of para-hydroxylation sites is 2. The monoisotopic (exact) mass is 418 g/mol. The minimum Gasteiger partial charge on any atom is -0.457 e. The van der Waals surface area contributed by atoms with E-state index in [-0.39, 0.29) is 5.78 Å². The lowest BCUT2D eigenvalue weighted by Gasteiger charge is -2.33.